The molecule has 3 heterocycles. The molecule has 1 aliphatic rings. The number of pyridine rings is 1. The Morgan fingerprint density at radius 3 is 2.83 bits per heavy atom. The molecule has 122 valence electrons. The van der Waals surface area contributed by atoms with E-state index in [1.165, 1.54) is 0 Å². The number of carbonyl (C=O) groups is 2. The van der Waals surface area contributed by atoms with Gasteiger partial charge in [0.1, 0.15) is 5.76 Å². The van der Waals surface area contributed by atoms with E-state index in [-0.39, 0.29) is 35.9 Å². The molecule has 2 amide bonds. The van der Waals surface area contributed by atoms with Gasteiger partial charge in [0.2, 0.25) is 5.82 Å². The quantitative estimate of drug-likeness (QED) is 0.748. The van der Waals surface area contributed by atoms with Crippen molar-refractivity contribution in [3.8, 4) is 0 Å². The predicted octanol–water partition coefficient (Wildman–Crippen LogP) is 1.75. The highest BCUT2D eigenvalue weighted by Crippen LogP contribution is 2.20. The van der Waals surface area contributed by atoms with Gasteiger partial charge in [-0.05, 0) is 37.1 Å². The van der Waals surface area contributed by atoms with Gasteiger partial charge >= 0.3 is 0 Å². The van der Waals surface area contributed by atoms with Gasteiger partial charge < -0.3 is 15.1 Å². The third kappa shape index (κ3) is 2.76. The summed E-state index contributed by atoms with van der Waals surface area (Å²) in [6.07, 6.45) is 5.26. The van der Waals surface area contributed by atoms with Gasteiger partial charge in [-0.15, -0.1) is 0 Å². The molecule has 0 atom stereocenters. The molecule has 0 aliphatic heterocycles. The summed E-state index contributed by atoms with van der Waals surface area (Å²) in [5.74, 6) is 0.267. The lowest BCUT2D eigenvalue weighted by Gasteiger charge is -2.01. The topological polar surface area (TPSA) is 88.6 Å². The van der Waals surface area contributed by atoms with Crippen molar-refractivity contribution in [1.82, 2.24) is 20.0 Å². The van der Waals surface area contributed by atoms with Crippen LogP contribution in [0.15, 0.2) is 47.2 Å². The minimum absolute atomic E-state index is 0.223. The molecule has 7 heteroatoms. The van der Waals surface area contributed by atoms with E-state index in [4.69, 9.17) is 4.42 Å². The first kappa shape index (κ1) is 14.5. The lowest BCUT2D eigenvalue weighted by atomic mass is 10.3. The van der Waals surface area contributed by atoms with Crippen LogP contribution in [0.25, 0.3) is 5.52 Å². The van der Waals surface area contributed by atoms with Crippen molar-refractivity contribution in [2.75, 3.05) is 0 Å². The molecule has 1 fully saturated rings. The Bertz CT molecular complexity index is 894. The van der Waals surface area contributed by atoms with Crippen LogP contribution in [-0.4, -0.2) is 27.2 Å². The van der Waals surface area contributed by atoms with Crippen molar-refractivity contribution < 1.29 is 14.0 Å². The maximum absolute atomic E-state index is 12.5. The number of amides is 2. The zero-order chi connectivity index (χ0) is 16.5. The lowest BCUT2D eigenvalue weighted by Crippen LogP contribution is -2.27. The molecule has 24 heavy (non-hydrogen) atoms. The number of aromatic nitrogens is 2. The van der Waals surface area contributed by atoms with Gasteiger partial charge in [0, 0.05) is 12.2 Å². The summed E-state index contributed by atoms with van der Waals surface area (Å²) in [5.41, 5.74) is 0.818. The van der Waals surface area contributed by atoms with E-state index >= 15 is 0 Å². The molecule has 0 unspecified atom stereocenters. The number of fused-ring (bicyclic) bond motifs is 1. The van der Waals surface area contributed by atoms with E-state index in [2.05, 4.69) is 15.6 Å². The molecule has 3 aromatic rings. The van der Waals surface area contributed by atoms with Crippen molar-refractivity contribution in [3.63, 3.8) is 0 Å². The smallest absolute Gasteiger partial charge is 0.287 e. The molecule has 2 N–H and O–H groups in total. The van der Waals surface area contributed by atoms with Crippen molar-refractivity contribution in [2.24, 2.45) is 0 Å². The van der Waals surface area contributed by atoms with Crippen LogP contribution in [0.1, 0.15) is 39.7 Å². The average Bonchev–Trinajstić information content (AvgIpc) is 3.12. The Morgan fingerprint density at radius 2 is 2.08 bits per heavy atom. The molecule has 3 aromatic heterocycles. The Morgan fingerprint density at radius 1 is 1.21 bits per heavy atom. The van der Waals surface area contributed by atoms with Crippen molar-refractivity contribution in [3.05, 3.63) is 60.1 Å². The van der Waals surface area contributed by atoms with Crippen LogP contribution in [0.4, 0.5) is 0 Å². The molecule has 7 nitrogen and oxygen atoms in total. The standard InChI is InChI=1S/C17H16N4O3/c22-16(18-10-12-4-3-9-24-12)14-13-5-1-2-8-21(13)15(20-14)17(23)19-11-6-7-11/h1-5,8-9,11H,6-7,10H2,(H,18,22)(H,19,23). The fourth-order valence-electron chi connectivity index (χ4n) is 2.51. The molecule has 0 saturated heterocycles. The molecule has 1 saturated carbocycles. The third-order valence-corrected chi connectivity index (χ3v) is 3.88. The number of nitrogens with zero attached hydrogens (tertiary/aromatic N) is 2. The fourth-order valence-corrected chi connectivity index (χ4v) is 2.51. The molecule has 0 aromatic carbocycles. The number of nitrogens with one attached hydrogen (secondary N) is 2. The highest BCUT2D eigenvalue weighted by atomic mass is 16.3. The van der Waals surface area contributed by atoms with Gasteiger partial charge in [-0.3, -0.25) is 14.0 Å². The third-order valence-electron chi connectivity index (χ3n) is 3.88. The lowest BCUT2D eigenvalue weighted by molar-refractivity contribution is 0.0940. The van der Waals surface area contributed by atoms with Gasteiger partial charge in [-0.1, -0.05) is 6.07 Å². The Labute approximate surface area is 137 Å². The number of imidazole rings is 1. The van der Waals surface area contributed by atoms with Crippen LogP contribution in [0.3, 0.4) is 0 Å². The summed E-state index contributed by atoms with van der Waals surface area (Å²) in [6, 6.07) is 9.14. The summed E-state index contributed by atoms with van der Waals surface area (Å²) in [4.78, 5) is 29.1. The van der Waals surface area contributed by atoms with Crippen LogP contribution in [0.2, 0.25) is 0 Å². The van der Waals surface area contributed by atoms with Gasteiger partial charge in [0.15, 0.2) is 5.69 Å². The van der Waals surface area contributed by atoms with Crippen molar-refractivity contribution in [2.45, 2.75) is 25.4 Å². The fraction of sp³-hybridized carbons (Fsp3) is 0.235. The maximum Gasteiger partial charge on any atom is 0.287 e. The number of rotatable bonds is 5. The van der Waals surface area contributed by atoms with E-state index in [1.54, 1.807) is 41.1 Å². The highest BCUT2D eigenvalue weighted by molar-refractivity contribution is 6.02. The first-order valence-corrected chi connectivity index (χ1v) is 7.81. The van der Waals surface area contributed by atoms with E-state index in [1.807, 2.05) is 6.07 Å². The molecular formula is C17H16N4O3. The van der Waals surface area contributed by atoms with Gasteiger partial charge in [0.25, 0.3) is 11.8 Å². The van der Waals surface area contributed by atoms with Crippen LogP contribution in [0, 0.1) is 0 Å². The van der Waals surface area contributed by atoms with Crippen molar-refractivity contribution in [1.29, 1.82) is 0 Å². The minimum atomic E-state index is -0.347. The zero-order valence-corrected chi connectivity index (χ0v) is 12.9. The van der Waals surface area contributed by atoms with Crippen molar-refractivity contribution >= 4 is 17.3 Å². The minimum Gasteiger partial charge on any atom is -0.467 e. The summed E-state index contributed by atoms with van der Waals surface area (Å²) in [6.45, 7) is 0.265. The molecule has 0 bridgehead atoms. The number of hydrogen-bond acceptors (Lipinski definition) is 4. The predicted molar refractivity (Wildman–Crippen MR) is 85.6 cm³/mol. The number of carbonyl (C=O) groups excluding carboxylic acids is 2. The molecular weight excluding hydrogens is 308 g/mol. The first-order chi connectivity index (χ1) is 11.7. The second-order valence-corrected chi connectivity index (χ2v) is 5.75. The van der Waals surface area contributed by atoms with Crippen LogP contribution in [0.5, 0.6) is 0 Å². The van der Waals surface area contributed by atoms with Crippen LogP contribution in [-0.2, 0) is 6.54 Å². The normalized spacial score (nSPS) is 13.8. The zero-order valence-electron chi connectivity index (χ0n) is 12.9. The van der Waals surface area contributed by atoms with E-state index in [0.29, 0.717) is 11.3 Å². The Kier molecular flexibility index (Phi) is 3.53. The summed E-state index contributed by atoms with van der Waals surface area (Å²) in [5, 5.41) is 5.66. The SMILES string of the molecule is O=C(NCc1ccco1)c1nc(C(=O)NC2CC2)n2ccccc12. The van der Waals surface area contributed by atoms with E-state index in [9.17, 15) is 9.59 Å². The monoisotopic (exact) mass is 324 g/mol. The van der Waals surface area contributed by atoms with Gasteiger partial charge in [-0.2, -0.15) is 0 Å². The molecule has 1 aliphatic carbocycles. The van der Waals surface area contributed by atoms with E-state index < -0.39 is 0 Å². The Hall–Kier alpha value is -3.09. The van der Waals surface area contributed by atoms with Crippen LogP contribution >= 0.6 is 0 Å². The van der Waals surface area contributed by atoms with E-state index in [0.717, 1.165) is 12.8 Å². The first-order valence-electron chi connectivity index (χ1n) is 7.81. The highest BCUT2D eigenvalue weighted by Gasteiger charge is 2.27. The molecule has 4 rings (SSSR count). The van der Waals surface area contributed by atoms with Crippen LogP contribution < -0.4 is 10.6 Å². The maximum atomic E-state index is 12.5. The Balaban J connectivity index is 1.62. The second kappa shape index (κ2) is 5.84. The summed E-state index contributed by atoms with van der Waals surface area (Å²) >= 11 is 0. The summed E-state index contributed by atoms with van der Waals surface area (Å²) in [7, 11) is 0. The number of hydrogen-bond donors (Lipinski definition) is 2. The molecule has 0 spiro atoms. The van der Waals surface area contributed by atoms with Gasteiger partial charge in [0.05, 0.1) is 18.3 Å². The van der Waals surface area contributed by atoms with Gasteiger partial charge in [-0.25, -0.2) is 4.98 Å². The average molecular weight is 324 g/mol. The number of furan rings is 1. The molecule has 0 radical (unpaired) electrons. The second-order valence-electron chi connectivity index (χ2n) is 5.75. The summed E-state index contributed by atoms with van der Waals surface area (Å²) < 4.78 is 6.84. The largest absolute Gasteiger partial charge is 0.467 e.